The zero-order chi connectivity index (χ0) is 9.97. The van der Waals surface area contributed by atoms with Crippen LogP contribution in [-0.2, 0) is 0 Å². The van der Waals surface area contributed by atoms with E-state index in [1.165, 1.54) is 12.3 Å². The van der Waals surface area contributed by atoms with Gasteiger partial charge >= 0.3 is 0 Å². The summed E-state index contributed by atoms with van der Waals surface area (Å²) in [5, 5.41) is 6.42. The molecule has 5 heteroatoms. The molecule has 0 unspecified atom stereocenters. The summed E-state index contributed by atoms with van der Waals surface area (Å²) in [5.41, 5.74) is 0. The van der Waals surface area contributed by atoms with Crippen molar-refractivity contribution in [2.24, 2.45) is 5.92 Å². The van der Waals surface area contributed by atoms with E-state index in [-0.39, 0.29) is 5.82 Å². The van der Waals surface area contributed by atoms with Crippen LogP contribution in [0.5, 0.6) is 0 Å². The Hall–Kier alpha value is -0.870. The maximum atomic E-state index is 13.2. The zero-order valence-electron chi connectivity index (χ0n) is 7.56. The van der Waals surface area contributed by atoms with Gasteiger partial charge in [-0.3, -0.25) is 0 Å². The number of pyridine rings is 1. The van der Waals surface area contributed by atoms with Gasteiger partial charge in [0, 0.05) is 31.7 Å². The molecule has 2 heterocycles. The molecular formula is C9H11ClFN3. The lowest BCUT2D eigenvalue weighted by molar-refractivity contribution is 0.364. The molecule has 1 saturated heterocycles. The van der Waals surface area contributed by atoms with Gasteiger partial charge in [0.05, 0.1) is 5.02 Å². The van der Waals surface area contributed by atoms with Gasteiger partial charge in [-0.2, -0.15) is 0 Å². The third kappa shape index (κ3) is 2.13. The summed E-state index contributed by atoms with van der Waals surface area (Å²) in [6, 6.07) is 1.26. The molecule has 1 aliphatic heterocycles. The van der Waals surface area contributed by atoms with E-state index < -0.39 is 5.82 Å². The summed E-state index contributed by atoms with van der Waals surface area (Å²) in [6.45, 7) is 2.73. The summed E-state index contributed by atoms with van der Waals surface area (Å²) in [7, 11) is 0. The molecule has 0 atom stereocenters. The number of aromatic nitrogens is 1. The molecule has 1 aromatic rings. The van der Waals surface area contributed by atoms with E-state index in [1.807, 2.05) is 0 Å². The molecule has 0 aromatic carbocycles. The van der Waals surface area contributed by atoms with Crippen molar-refractivity contribution in [2.75, 3.05) is 25.0 Å². The quantitative estimate of drug-likeness (QED) is 0.803. The molecule has 3 nitrogen and oxygen atoms in total. The summed E-state index contributed by atoms with van der Waals surface area (Å²) in [5.74, 6) is 0.456. The molecule has 0 aliphatic carbocycles. The van der Waals surface area contributed by atoms with E-state index in [9.17, 15) is 4.39 Å². The minimum Gasteiger partial charge on any atom is -0.367 e. The Morgan fingerprint density at radius 1 is 1.64 bits per heavy atom. The summed E-state index contributed by atoms with van der Waals surface area (Å²) >= 11 is 5.58. The lowest BCUT2D eigenvalue weighted by Gasteiger charge is -2.27. The van der Waals surface area contributed by atoms with Crippen molar-refractivity contribution >= 4 is 17.4 Å². The Labute approximate surface area is 86.7 Å². The van der Waals surface area contributed by atoms with E-state index in [0.717, 1.165) is 19.6 Å². The van der Waals surface area contributed by atoms with Crippen molar-refractivity contribution < 1.29 is 4.39 Å². The van der Waals surface area contributed by atoms with Crippen molar-refractivity contribution in [2.45, 2.75) is 0 Å². The Bertz CT molecular complexity index is 328. The first-order chi connectivity index (χ1) is 6.75. The van der Waals surface area contributed by atoms with Crippen LogP contribution in [0.15, 0.2) is 12.3 Å². The molecule has 2 rings (SSSR count). The highest BCUT2D eigenvalue weighted by Gasteiger charge is 2.16. The van der Waals surface area contributed by atoms with Crippen molar-refractivity contribution in [1.29, 1.82) is 0 Å². The number of hydrogen-bond acceptors (Lipinski definition) is 3. The Kier molecular flexibility index (Phi) is 2.84. The molecular weight excluding hydrogens is 205 g/mol. The Balaban J connectivity index is 1.94. The second-order valence-corrected chi connectivity index (χ2v) is 3.83. The summed E-state index contributed by atoms with van der Waals surface area (Å²) in [6.07, 6.45) is 1.44. The number of nitrogens with one attached hydrogen (secondary N) is 2. The van der Waals surface area contributed by atoms with Gasteiger partial charge < -0.3 is 10.6 Å². The van der Waals surface area contributed by atoms with E-state index >= 15 is 0 Å². The predicted octanol–water partition coefficient (Wildman–Crippen LogP) is 1.51. The van der Waals surface area contributed by atoms with Gasteiger partial charge in [0.15, 0.2) is 11.6 Å². The molecule has 76 valence electrons. The smallest absolute Gasteiger partial charge is 0.166 e. The molecule has 14 heavy (non-hydrogen) atoms. The number of rotatable bonds is 3. The van der Waals surface area contributed by atoms with Crippen LogP contribution in [0.1, 0.15) is 0 Å². The molecule has 1 aliphatic rings. The maximum absolute atomic E-state index is 13.2. The maximum Gasteiger partial charge on any atom is 0.166 e. The van der Waals surface area contributed by atoms with Gasteiger partial charge in [-0.1, -0.05) is 11.6 Å². The van der Waals surface area contributed by atoms with Crippen LogP contribution in [-0.4, -0.2) is 24.6 Å². The van der Waals surface area contributed by atoms with Gasteiger partial charge in [0.25, 0.3) is 0 Å². The van der Waals surface area contributed by atoms with E-state index in [2.05, 4.69) is 15.6 Å². The summed E-state index contributed by atoms with van der Waals surface area (Å²) in [4.78, 5) is 3.87. The Morgan fingerprint density at radius 2 is 2.43 bits per heavy atom. The average molecular weight is 216 g/mol. The highest BCUT2D eigenvalue weighted by molar-refractivity contribution is 6.30. The van der Waals surface area contributed by atoms with Crippen LogP contribution in [0.4, 0.5) is 10.2 Å². The van der Waals surface area contributed by atoms with Gasteiger partial charge in [-0.15, -0.1) is 0 Å². The SMILES string of the molecule is Fc1cc(Cl)cnc1NCC1CNC1. The molecule has 0 radical (unpaired) electrons. The van der Waals surface area contributed by atoms with Crippen LogP contribution in [0.2, 0.25) is 5.02 Å². The van der Waals surface area contributed by atoms with Crippen LogP contribution in [0.3, 0.4) is 0 Å². The zero-order valence-corrected chi connectivity index (χ0v) is 8.31. The fraction of sp³-hybridized carbons (Fsp3) is 0.444. The molecule has 1 fully saturated rings. The summed E-state index contributed by atoms with van der Waals surface area (Å²) < 4.78 is 13.2. The molecule has 2 N–H and O–H groups in total. The second kappa shape index (κ2) is 4.11. The minimum atomic E-state index is -0.398. The Morgan fingerprint density at radius 3 is 3.00 bits per heavy atom. The fourth-order valence-electron chi connectivity index (χ4n) is 1.28. The van der Waals surface area contributed by atoms with Crippen molar-refractivity contribution in [3.05, 3.63) is 23.1 Å². The first-order valence-electron chi connectivity index (χ1n) is 4.51. The molecule has 0 bridgehead atoms. The van der Waals surface area contributed by atoms with E-state index in [4.69, 9.17) is 11.6 Å². The standard InChI is InChI=1S/C9H11ClFN3/c10-7-1-8(11)9(14-5-7)13-4-6-2-12-3-6/h1,5-6,12H,2-4H2,(H,13,14). The highest BCUT2D eigenvalue weighted by atomic mass is 35.5. The normalized spacial score (nSPS) is 16.4. The molecule has 0 spiro atoms. The van der Waals surface area contributed by atoms with Crippen molar-refractivity contribution in [3.8, 4) is 0 Å². The van der Waals surface area contributed by atoms with Crippen LogP contribution < -0.4 is 10.6 Å². The fourth-order valence-corrected chi connectivity index (χ4v) is 1.42. The predicted molar refractivity (Wildman–Crippen MR) is 54.1 cm³/mol. The molecule has 1 aromatic heterocycles. The highest BCUT2D eigenvalue weighted by Crippen LogP contribution is 2.16. The number of halogens is 2. The third-order valence-corrected chi connectivity index (χ3v) is 2.44. The van der Waals surface area contributed by atoms with Crippen molar-refractivity contribution in [1.82, 2.24) is 10.3 Å². The minimum absolute atomic E-state index is 0.279. The monoisotopic (exact) mass is 215 g/mol. The lowest BCUT2D eigenvalue weighted by atomic mass is 10.0. The van der Waals surface area contributed by atoms with E-state index in [1.54, 1.807) is 0 Å². The largest absolute Gasteiger partial charge is 0.367 e. The van der Waals surface area contributed by atoms with Gasteiger partial charge in [0.1, 0.15) is 0 Å². The molecule has 0 amide bonds. The number of nitrogens with zero attached hydrogens (tertiary/aromatic N) is 1. The molecule has 0 saturated carbocycles. The van der Waals surface area contributed by atoms with Crippen molar-refractivity contribution in [3.63, 3.8) is 0 Å². The lowest BCUT2D eigenvalue weighted by Crippen LogP contribution is -2.45. The second-order valence-electron chi connectivity index (χ2n) is 3.39. The van der Waals surface area contributed by atoms with Crippen LogP contribution >= 0.6 is 11.6 Å². The topological polar surface area (TPSA) is 37.0 Å². The number of hydrogen-bond donors (Lipinski definition) is 2. The van der Waals surface area contributed by atoms with Gasteiger partial charge in [-0.25, -0.2) is 9.37 Å². The van der Waals surface area contributed by atoms with Crippen LogP contribution in [0.25, 0.3) is 0 Å². The first-order valence-corrected chi connectivity index (χ1v) is 4.89. The van der Waals surface area contributed by atoms with E-state index in [0.29, 0.717) is 10.9 Å². The van der Waals surface area contributed by atoms with Gasteiger partial charge in [0.2, 0.25) is 0 Å². The first kappa shape index (κ1) is 9.68. The van der Waals surface area contributed by atoms with Gasteiger partial charge in [-0.05, 0) is 6.07 Å². The third-order valence-electron chi connectivity index (χ3n) is 2.23. The number of anilines is 1. The van der Waals surface area contributed by atoms with Crippen LogP contribution in [0, 0.1) is 11.7 Å². The average Bonchev–Trinajstić information content (AvgIpc) is 2.05.